The molecule has 2 aliphatic rings. The third-order valence-corrected chi connectivity index (χ3v) is 3.52. The minimum Gasteiger partial charge on any atom is -0.372 e. The molecule has 0 aliphatic carbocycles. The lowest BCUT2D eigenvalue weighted by molar-refractivity contribution is -0.215. The minimum atomic E-state index is -0.564. The Kier molecular flexibility index (Phi) is 3.65. The van der Waals surface area contributed by atoms with Crippen molar-refractivity contribution >= 4 is 0 Å². The van der Waals surface area contributed by atoms with E-state index in [9.17, 15) is 5.11 Å². The van der Waals surface area contributed by atoms with Crippen LogP contribution in [0.4, 0.5) is 0 Å². The second kappa shape index (κ2) is 4.81. The molecule has 3 nitrogen and oxygen atoms in total. The van der Waals surface area contributed by atoms with Gasteiger partial charge >= 0.3 is 0 Å². The Bertz CT molecular complexity index is 205. The molecule has 2 fully saturated rings. The fraction of sp³-hybridized carbons (Fsp3) is 1.00. The first-order valence-corrected chi connectivity index (χ1v) is 6.16. The van der Waals surface area contributed by atoms with Crippen molar-refractivity contribution in [1.29, 1.82) is 0 Å². The van der Waals surface area contributed by atoms with Crippen molar-refractivity contribution in [2.24, 2.45) is 5.92 Å². The maximum atomic E-state index is 9.44. The van der Waals surface area contributed by atoms with Crippen molar-refractivity contribution in [3.05, 3.63) is 0 Å². The molecule has 0 radical (unpaired) electrons. The maximum Gasteiger partial charge on any atom is 0.155 e. The van der Waals surface area contributed by atoms with Crippen LogP contribution in [-0.4, -0.2) is 29.7 Å². The van der Waals surface area contributed by atoms with E-state index >= 15 is 0 Å². The third kappa shape index (κ3) is 2.71. The van der Waals surface area contributed by atoms with E-state index in [0.29, 0.717) is 18.4 Å². The first kappa shape index (κ1) is 11.4. The van der Waals surface area contributed by atoms with Gasteiger partial charge in [0.1, 0.15) is 0 Å². The standard InChI is InChI=1S/C12H22O3/c1-8(2)9-4-3-5-10-11(14-9)6-7-12(13)15-10/h8-13H,3-7H2,1-2H3/t9-,10+,11-,12?/m1/s1. The van der Waals surface area contributed by atoms with Gasteiger partial charge in [-0.2, -0.15) is 0 Å². The molecule has 4 atom stereocenters. The largest absolute Gasteiger partial charge is 0.372 e. The number of hydrogen-bond donors (Lipinski definition) is 1. The lowest BCUT2D eigenvalue weighted by atomic mass is 10.00. The van der Waals surface area contributed by atoms with E-state index in [0.717, 1.165) is 25.7 Å². The third-order valence-electron chi connectivity index (χ3n) is 3.52. The van der Waals surface area contributed by atoms with Crippen molar-refractivity contribution < 1.29 is 14.6 Å². The molecule has 0 saturated carbocycles. The number of ether oxygens (including phenoxy) is 2. The van der Waals surface area contributed by atoms with E-state index in [4.69, 9.17) is 9.47 Å². The van der Waals surface area contributed by atoms with Crippen LogP contribution in [0.25, 0.3) is 0 Å². The first-order chi connectivity index (χ1) is 7.16. The van der Waals surface area contributed by atoms with Gasteiger partial charge in [-0.3, -0.25) is 0 Å². The van der Waals surface area contributed by atoms with Gasteiger partial charge in [-0.05, 0) is 31.6 Å². The van der Waals surface area contributed by atoms with Gasteiger partial charge in [0.15, 0.2) is 6.29 Å². The minimum absolute atomic E-state index is 0.123. The molecule has 1 N–H and O–H groups in total. The molecule has 0 aromatic rings. The molecule has 2 rings (SSSR count). The zero-order chi connectivity index (χ0) is 10.8. The van der Waals surface area contributed by atoms with Crippen molar-refractivity contribution in [3.8, 4) is 0 Å². The summed E-state index contributed by atoms with van der Waals surface area (Å²) in [6.45, 7) is 4.42. The van der Waals surface area contributed by atoms with Crippen LogP contribution in [0.5, 0.6) is 0 Å². The summed E-state index contributed by atoms with van der Waals surface area (Å²) in [7, 11) is 0. The van der Waals surface area contributed by atoms with Gasteiger partial charge < -0.3 is 14.6 Å². The second-order valence-corrected chi connectivity index (χ2v) is 5.09. The number of aliphatic hydroxyl groups excluding tert-OH is 1. The molecule has 2 aliphatic heterocycles. The zero-order valence-corrected chi connectivity index (χ0v) is 9.69. The normalized spacial score (nSPS) is 42.4. The van der Waals surface area contributed by atoms with E-state index in [1.54, 1.807) is 0 Å². The van der Waals surface area contributed by atoms with Gasteiger partial charge in [0.25, 0.3) is 0 Å². The highest BCUT2D eigenvalue weighted by molar-refractivity contribution is 4.82. The van der Waals surface area contributed by atoms with Gasteiger partial charge in [-0.15, -0.1) is 0 Å². The van der Waals surface area contributed by atoms with Crippen LogP contribution in [0.1, 0.15) is 46.0 Å². The van der Waals surface area contributed by atoms with Crippen LogP contribution in [0.15, 0.2) is 0 Å². The number of rotatable bonds is 1. The smallest absolute Gasteiger partial charge is 0.155 e. The molecule has 0 bridgehead atoms. The van der Waals surface area contributed by atoms with Gasteiger partial charge in [-0.25, -0.2) is 0 Å². The molecular weight excluding hydrogens is 192 g/mol. The predicted octanol–water partition coefficient (Wildman–Crippen LogP) is 2.08. The lowest BCUT2D eigenvalue weighted by Gasteiger charge is -2.34. The Morgan fingerprint density at radius 2 is 1.73 bits per heavy atom. The van der Waals surface area contributed by atoms with E-state index in [1.807, 2.05) is 0 Å². The molecule has 0 aromatic carbocycles. The molecule has 2 heterocycles. The van der Waals surface area contributed by atoms with Crippen LogP contribution >= 0.6 is 0 Å². The molecule has 2 saturated heterocycles. The fourth-order valence-corrected chi connectivity index (χ4v) is 2.56. The number of aliphatic hydroxyl groups is 1. The SMILES string of the molecule is CC(C)[C@H]1CCC[C@@H]2OC(O)CC[C@H]2O1. The highest BCUT2D eigenvalue weighted by atomic mass is 16.6. The van der Waals surface area contributed by atoms with Crippen molar-refractivity contribution in [3.63, 3.8) is 0 Å². The zero-order valence-electron chi connectivity index (χ0n) is 9.69. The van der Waals surface area contributed by atoms with Crippen molar-refractivity contribution in [1.82, 2.24) is 0 Å². The van der Waals surface area contributed by atoms with Crippen molar-refractivity contribution in [2.75, 3.05) is 0 Å². The summed E-state index contributed by atoms with van der Waals surface area (Å²) in [5.41, 5.74) is 0. The Labute approximate surface area is 91.8 Å². The van der Waals surface area contributed by atoms with E-state index < -0.39 is 6.29 Å². The summed E-state index contributed by atoms with van der Waals surface area (Å²) in [4.78, 5) is 0. The fourth-order valence-electron chi connectivity index (χ4n) is 2.56. The summed E-state index contributed by atoms with van der Waals surface area (Å²) in [6, 6.07) is 0. The highest BCUT2D eigenvalue weighted by Crippen LogP contribution is 2.31. The molecule has 3 heteroatoms. The quantitative estimate of drug-likeness (QED) is 0.726. The molecule has 0 amide bonds. The summed E-state index contributed by atoms with van der Waals surface area (Å²) >= 11 is 0. The Morgan fingerprint density at radius 1 is 1.00 bits per heavy atom. The first-order valence-electron chi connectivity index (χ1n) is 6.16. The van der Waals surface area contributed by atoms with Crippen LogP contribution in [-0.2, 0) is 9.47 Å². The molecular formula is C12H22O3. The van der Waals surface area contributed by atoms with Gasteiger partial charge in [-0.1, -0.05) is 13.8 Å². The molecule has 15 heavy (non-hydrogen) atoms. The van der Waals surface area contributed by atoms with Crippen LogP contribution in [0.2, 0.25) is 0 Å². The monoisotopic (exact) mass is 214 g/mol. The molecule has 1 unspecified atom stereocenters. The molecule has 0 spiro atoms. The summed E-state index contributed by atoms with van der Waals surface area (Å²) in [5, 5.41) is 9.44. The van der Waals surface area contributed by atoms with E-state index in [-0.39, 0.29) is 12.2 Å². The Balaban J connectivity index is 1.97. The lowest BCUT2D eigenvalue weighted by Crippen LogP contribution is -2.41. The number of fused-ring (bicyclic) bond motifs is 1. The van der Waals surface area contributed by atoms with Gasteiger partial charge in [0.2, 0.25) is 0 Å². The van der Waals surface area contributed by atoms with Crippen molar-refractivity contribution in [2.45, 2.75) is 70.6 Å². The topological polar surface area (TPSA) is 38.7 Å². The second-order valence-electron chi connectivity index (χ2n) is 5.09. The predicted molar refractivity (Wildman–Crippen MR) is 57.5 cm³/mol. The average Bonchev–Trinajstić information content (AvgIpc) is 2.39. The van der Waals surface area contributed by atoms with E-state index in [1.165, 1.54) is 0 Å². The summed E-state index contributed by atoms with van der Waals surface area (Å²) in [6.07, 6.45) is 5.11. The average molecular weight is 214 g/mol. The van der Waals surface area contributed by atoms with Gasteiger partial charge in [0.05, 0.1) is 18.3 Å². The highest BCUT2D eigenvalue weighted by Gasteiger charge is 2.35. The molecule has 88 valence electrons. The summed E-state index contributed by atoms with van der Waals surface area (Å²) in [5.74, 6) is 0.579. The van der Waals surface area contributed by atoms with Crippen LogP contribution < -0.4 is 0 Å². The Morgan fingerprint density at radius 3 is 2.47 bits per heavy atom. The van der Waals surface area contributed by atoms with Gasteiger partial charge in [0, 0.05) is 6.42 Å². The molecule has 0 aromatic heterocycles. The Hall–Kier alpha value is -0.120. The number of hydrogen-bond acceptors (Lipinski definition) is 3. The van der Waals surface area contributed by atoms with E-state index in [2.05, 4.69) is 13.8 Å². The van der Waals surface area contributed by atoms with Crippen LogP contribution in [0.3, 0.4) is 0 Å². The van der Waals surface area contributed by atoms with Crippen LogP contribution in [0, 0.1) is 5.92 Å². The summed E-state index contributed by atoms with van der Waals surface area (Å²) < 4.78 is 11.6. The maximum absolute atomic E-state index is 9.44.